The van der Waals surface area contributed by atoms with E-state index in [9.17, 15) is 18.0 Å². The van der Waals surface area contributed by atoms with E-state index in [1.54, 1.807) is 30.3 Å². The Labute approximate surface area is 159 Å². The van der Waals surface area contributed by atoms with Crippen LogP contribution in [0, 0.1) is 6.92 Å². The highest BCUT2D eigenvalue weighted by Crippen LogP contribution is 2.22. The van der Waals surface area contributed by atoms with Crippen molar-refractivity contribution in [2.45, 2.75) is 20.3 Å². The molecule has 2 rings (SSSR count). The monoisotopic (exact) mass is 389 g/mol. The van der Waals surface area contributed by atoms with Crippen LogP contribution in [0.2, 0.25) is 0 Å². The van der Waals surface area contributed by atoms with E-state index < -0.39 is 10.0 Å². The maximum atomic E-state index is 12.3. The Morgan fingerprint density at radius 3 is 2.37 bits per heavy atom. The van der Waals surface area contributed by atoms with Crippen LogP contribution in [-0.2, 0) is 19.6 Å². The molecular weight excluding hydrogens is 366 g/mol. The lowest BCUT2D eigenvalue weighted by Crippen LogP contribution is -2.33. The molecule has 2 N–H and O–H groups in total. The third kappa shape index (κ3) is 6.10. The van der Waals surface area contributed by atoms with E-state index >= 15 is 0 Å². The highest BCUT2D eigenvalue weighted by atomic mass is 32.2. The number of sulfonamides is 1. The van der Waals surface area contributed by atoms with Gasteiger partial charge in [0.15, 0.2) is 0 Å². The Hall–Kier alpha value is -2.87. The highest BCUT2D eigenvalue weighted by molar-refractivity contribution is 7.92. The fraction of sp³-hybridized carbons (Fsp3) is 0.263. The Morgan fingerprint density at radius 1 is 1.04 bits per heavy atom. The zero-order chi connectivity index (χ0) is 20.0. The summed E-state index contributed by atoms with van der Waals surface area (Å²) < 4.78 is 25.5. The molecule has 0 saturated carbocycles. The number of rotatable bonds is 7. The fourth-order valence-corrected chi connectivity index (χ4v) is 3.48. The minimum atomic E-state index is -3.60. The van der Waals surface area contributed by atoms with Gasteiger partial charge >= 0.3 is 0 Å². The van der Waals surface area contributed by atoms with Crippen molar-refractivity contribution >= 4 is 38.9 Å². The minimum absolute atomic E-state index is 0.00817. The molecule has 0 heterocycles. The number of para-hydroxylation sites is 1. The highest BCUT2D eigenvalue weighted by Gasteiger charge is 2.19. The molecule has 7 nitrogen and oxygen atoms in total. The molecule has 0 bridgehead atoms. The second-order valence-electron chi connectivity index (χ2n) is 6.18. The van der Waals surface area contributed by atoms with Gasteiger partial charge in [-0.3, -0.25) is 13.9 Å². The molecule has 2 aromatic rings. The van der Waals surface area contributed by atoms with Gasteiger partial charge in [0.2, 0.25) is 21.8 Å². The van der Waals surface area contributed by atoms with Gasteiger partial charge in [0.05, 0.1) is 11.9 Å². The number of anilines is 3. The molecule has 0 aliphatic heterocycles. The van der Waals surface area contributed by atoms with Crippen molar-refractivity contribution in [3.05, 3.63) is 54.1 Å². The summed E-state index contributed by atoms with van der Waals surface area (Å²) in [6.07, 6.45) is 1.07. The molecular formula is C19H23N3O4S. The lowest BCUT2D eigenvalue weighted by Gasteiger charge is -2.23. The summed E-state index contributed by atoms with van der Waals surface area (Å²) in [5.74, 6) is -0.536. The first-order chi connectivity index (χ1) is 12.7. The Kier molecular flexibility index (Phi) is 6.57. The molecule has 0 atom stereocenters. The fourth-order valence-electron chi connectivity index (χ4n) is 2.56. The van der Waals surface area contributed by atoms with Crippen LogP contribution in [-0.4, -0.2) is 33.0 Å². The van der Waals surface area contributed by atoms with Gasteiger partial charge in [-0.25, -0.2) is 8.42 Å². The van der Waals surface area contributed by atoms with Crippen molar-refractivity contribution < 1.29 is 18.0 Å². The molecule has 8 heteroatoms. The van der Waals surface area contributed by atoms with Crippen LogP contribution in [0.15, 0.2) is 48.5 Å². The number of nitrogens with zero attached hydrogens (tertiary/aromatic N) is 1. The predicted octanol–water partition coefficient (Wildman–Crippen LogP) is 2.75. The maximum absolute atomic E-state index is 12.3. The number of amides is 2. The molecule has 0 spiro atoms. The number of carbonyl (C=O) groups excluding carboxylic acids is 2. The first-order valence-electron chi connectivity index (χ1n) is 8.37. The van der Waals surface area contributed by atoms with Crippen molar-refractivity contribution in [3.63, 3.8) is 0 Å². The van der Waals surface area contributed by atoms with Gasteiger partial charge in [-0.05, 0) is 36.8 Å². The number of aryl methyl sites for hydroxylation is 1. The number of nitrogens with one attached hydrogen (secondary N) is 2. The Morgan fingerprint density at radius 2 is 1.74 bits per heavy atom. The van der Waals surface area contributed by atoms with Crippen molar-refractivity contribution in [2.24, 2.45) is 0 Å². The number of benzene rings is 2. The quantitative estimate of drug-likeness (QED) is 0.761. The number of hydrogen-bond acceptors (Lipinski definition) is 4. The van der Waals surface area contributed by atoms with Crippen LogP contribution in [0.3, 0.4) is 0 Å². The lowest BCUT2D eigenvalue weighted by atomic mass is 10.2. The van der Waals surface area contributed by atoms with E-state index in [1.807, 2.05) is 25.1 Å². The third-order valence-corrected chi connectivity index (χ3v) is 5.01. The zero-order valence-corrected chi connectivity index (χ0v) is 16.3. The molecule has 0 aliphatic rings. The molecule has 0 aliphatic carbocycles. The zero-order valence-electron chi connectivity index (χ0n) is 15.5. The van der Waals surface area contributed by atoms with Crippen molar-refractivity contribution in [1.82, 2.24) is 0 Å². The van der Waals surface area contributed by atoms with E-state index in [0.29, 0.717) is 17.1 Å². The van der Waals surface area contributed by atoms with Gasteiger partial charge in [0, 0.05) is 31.3 Å². The molecule has 2 amide bonds. The molecule has 0 radical (unpaired) electrons. The minimum Gasteiger partial charge on any atom is -0.326 e. The van der Waals surface area contributed by atoms with Crippen molar-refractivity contribution in [1.29, 1.82) is 0 Å². The second-order valence-corrected chi connectivity index (χ2v) is 8.09. The van der Waals surface area contributed by atoms with E-state index in [2.05, 4.69) is 10.6 Å². The summed E-state index contributed by atoms with van der Waals surface area (Å²) >= 11 is 0. The van der Waals surface area contributed by atoms with Crippen molar-refractivity contribution in [2.75, 3.05) is 27.7 Å². The average molecular weight is 389 g/mol. The van der Waals surface area contributed by atoms with Crippen LogP contribution < -0.4 is 14.9 Å². The summed E-state index contributed by atoms with van der Waals surface area (Å²) in [6, 6.07) is 13.8. The normalized spacial score (nSPS) is 10.9. The predicted molar refractivity (Wildman–Crippen MR) is 107 cm³/mol. The smallest absolute Gasteiger partial charge is 0.232 e. The van der Waals surface area contributed by atoms with E-state index in [1.165, 1.54) is 6.92 Å². The van der Waals surface area contributed by atoms with Crippen LogP contribution >= 0.6 is 0 Å². The summed E-state index contributed by atoms with van der Waals surface area (Å²) in [4.78, 5) is 23.5. The SMILES string of the molecule is CC(=O)Nc1cccc(N(CCC(=O)Nc2ccccc2C)S(C)(=O)=O)c1. The van der Waals surface area contributed by atoms with Gasteiger partial charge in [-0.1, -0.05) is 24.3 Å². The van der Waals surface area contributed by atoms with Crippen LogP contribution in [0.1, 0.15) is 18.9 Å². The molecule has 0 fully saturated rings. The van der Waals surface area contributed by atoms with Crippen LogP contribution in [0.25, 0.3) is 0 Å². The first-order valence-corrected chi connectivity index (χ1v) is 10.2. The maximum Gasteiger partial charge on any atom is 0.232 e. The molecule has 2 aromatic carbocycles. The van der Waals surface area contributed by atoms with Crippen LogP contribution in [0.5, 0.6) is 0 Å². The number of hydrogen-bond donors (Lipinski definition) is 2. The van der Waals surface area contributed by atoms with Gasteiger partial charge in [-0.2, -0.15) is 0 Å². The molecule has 0 aromatic heterocycles. The lowest BCUT2D eigenvalue weighted by molar-refractivity contribution is -0.116. The molecule has 0 saturated heterocycles. The summed E-state index contributed by atoms with van der Waals surface area (Å²) in [5, 5.41) is 5.40. The molecule has 144 valence electrons. The molecule has 0 unspecified atom stereocenters. The standard InChI is InChI=1S/C19H23N3O4S/c1-14-7-4-5-10-18(14)21-19(24)11-12-22(27(3,25)26)17-9-6-8-16(13-17)20-15(2)23/h4-10,13H,11-12H2,1-3H3,(H,20,23)(H,21,24). The Bertz CT molecular complexity index is 941. The second kappa shape index (κ2) is 8.68. The van der Waals surface area contributed by atoms with Crippen molar-refractivity contribution in [3.8, 4) is 0 Å². The number of carbonyl (C=O) groups is 2. The molecule has 27 heavy (non-hydrogen) atoms. The average Bonchev–Trinajstić information content (AvgIpc) is 2.55. The Balaban J connectivity index is 2.13. The van der Waals surface area contributed by atoms with Gasteiger partial charge in [0.1, 0.15) is 0 Å². The summed E-state index contributed by atoms with van der Waals surface area (Å²) in [5.41, 5.74) is 2.49. The van der Waals surface area contributed by atoms with Gasteiger partial charge in [-0.15, -0.1) is 0 Å². The van der Waals surface area contributed by atoms with Gasteiger partial charge in [0.25, 0.3) is 0 Å². The van der Waals surface area contributed by atoms with E-state index in [0.717, 1.165) is 16.1 Å². The van der Waals surface area contributed by atoms with Crippen LogP contribution in [0.4, 0.5) is 17.1 Å². The van der Waals surface area contributed by atoms with E-state index in [-0.39, 0.29) is 24.8 Å². The summed E-state index contributed by atoms with van der Waals surface area (Å²) in [6.45, 7) is 3.24. The summed E-state index contributed by atoms with van der Waals surface area (Å²) in [7, 11) is -3.60. The topological polar surface area (TPSA) is 95.6 Å². The van der Waals surface area contributed by atoms with E-state index in [4.69, 9.17) is 0 Å². The largest absolute Gasteiger partial charge is 0.326 e. The first kappa shape index (κ1) is 20.4. The van der Waals surface area contributed by atoms with Gasteiger partial charge < -0.3 is 10.6 Å². The third-order valence-electron chi connectivity index (χ3n) is 3.82.